The lowest BCUT2D eigenvalue weighted by Gasteiger charge is -2.33. The van der Waals surface area contributed by atoms with E-state index in [9.17, 15) is 0 Å². The van der Waals surface area contributed by atoms with Gasteiger partial charge in [0, 0.05) is 24.5 Å². The Balaban J connectivity index is 1.73. The van der Waals surface area contributed by atoms with Crippen LogP contribution in [0.1, 0.15) is 24.8 Å². The predicted molar refractivity (Wildman–Crippen MR) is 64.6 cm³/mol. The number of ether oxygens (including phenoxy) is 1. The molecule has 1 saturated heterocycles. The zero-order valence-corrected chi connectivity index (χ0v) is 9.86. The molecule has 1 heterocycles. The fourth-order valence-electron chi connectivity index (χ4n) is 2.94. The van der Waals surface area contributed by atoms with Gasteiger partial charge < -0.3 is 4.74 Å². The maximum absolute atomic E-state index is 5.42. The highest BCUT2D eigenvalue weighted by atomic mass is 16.5. The quantitative estimate of drug-likeness (QED) is 0.753. The molecule has 86 valence electrons. The Labute approximate surface area is 97.2 Å². The lowest BCUT2D eigenvalue weighted by atomic mass is 10.1. The number of hydrogen-bond donors (Lipinski definition) is 0. The van der Waals surface area contributed by atoms with Gasteiger partial charge in [-0.3, -0.25) is 4.90 Å². The van der Waals surface area contributed by atoms with E-state index < -0.39 is 0 Å². The molecule has 2 nitrogen and oxygen atoms in total. The van der Waals surface area contributed by atoms with Gasteiger partial charge in [-0.25, -0.2) is 0 Å². The van der Waals surface area contributed by atoms with Crippen LogP contribution in [0.15, 0.2) is 30.3 Å². The van der Waals surface area contributed by atoms with Crippen LogP contribution in [0.2, 0.25) is 0 Å². The molecule has 1 aromatic carbocycles. The second kappa shape index (κ2) is 3.86. The van der Waals surface area contributed by atoms with Gasteiger partial charge in [-0.2, -0.15) is 0 Å². The van der Waals surface area contributed by atoms with Gasteiger partial charge in [0.15, 0.2) is 0 Å². The van der Waals surface area contributed by atoms with Gasteiger partial charge in [0.25, 0.3) is 0 Å². The lowest BCUT2D eigenvalue weighted by Crippen LogP contribution is -2.44. The van der Waals surface area contributed by atoms with Crippen molar-refractivity contribution in [1.29, 1.82) is 0 Å². The molecule has 0 bridgehead atoms. The predicted octanol–water partition coefficient (Wildman–Crippen LogP) is 2.26. The summed E-state index contributed by atoms with van der Waals surface area (Å²) in [4.78, 5) is 2.61. The highest BCUT2D eigenvalue weighted by molar-refractivity contribution is 5.32. The standard InChI is InChI=1S/C14H19NO/c1-14(15-7-9-16-10-8-15)11-13(14)12-5-3-2-4-6-12/h2-6,13H,7-11H2,1H3/t13-,14+/m1/s1. The fraction of sp³-hybridized carbons (Fsp3) is 0.571. The molecule has 0 aromatic heterocycles. The Hall–Kier alpha value is -0.860. The van der Waals surface area contributed by atoms with Crippen molar-refractivity contribution in [1.82, 2.24) is 4.90 Å². The normalized spacial score (nSPS) is 34.9. The summed E-state index contributed by atoms with van der Waals surface area (Å²) in [5, 5.41) is 0. The minimum Gasteiger partial charge on any atom is -0.379 e. The average molecular weight is 217 g/mol. The molecule has 16 heavy (non-hydrogen) atoms. The summed E-state index contributed by atoms with van der Waals surface area (Å²) >= 11 is 0. The van der Waals surface area contributed by atoms with Crippen molar-refractivity contribution in [2.45, 2.75) is 24.8 Å². The highest BCUT2D eigenvalue weighted by Crippen LogP contribution is 2.55. The van der Waals surface area contributed by atoms with Gasteiger partial charge in [-0.1, -0.05) is 30.3 Å². The van der Waals surface area contributed by atoms with Gasteiger partial charge in [0.05, 0.1) is 13.2 Å². The second-order valence-corrected chi connectivity index (χ2v) is 5.12. The third kappa shape index (κ3) is 1.66. The van der Waals surface area contributed by atoms with Gasteiger partial charge in [0.1, 0.15) is 0 Å². The smallest absolute Gasteiger partial charge is 0.0594 e. The SMILES string of the molecule is C[C@]1(N2CCOCC2)C[C@@H]1c1ccccc1. The largest absolute Gasteiger partial charge is 0.379 e. The van der Waals surface area contributed by atoms with Crippen LogP contribution in [-0.2, 0) is 4.74 Å². The molecule has 1 aromatic rings. The van der Waals surface area contributed by atoms with Crippen LogP contribution < -0.4 is 0 Å². The van der Waals surface area contributed by atoms with Crippen LogP contribution in [0.3, 0.4) is 0 Å². The zero-order valence-electron chi connectivity index (χ0n) is 9.86. The molecule has 2 heteroatoms. The first-order chi connectivity index (χ1) is 7.81. The Kier molecular flexibility index (Phi) is 2.49. The summed E-state index contributed by atoms with van der Waals surface area (Å²) in [7, 11) is 0. The minimum atomic E-state index is 0.394. The Morgan fingerprint density at radius 1 is 1.19 bits per heavy atom. The molecule has 0 spiro atoms. The summed E-state index contributed by atoms with van der Waals surface area (Å²) in [6.45, 7) is 6.39. The van der Waals surface area contributed by atoms with E-state index >= 15 is 0 Å². The van der Waals surface area contributed by atoms with E-state index in [1.54, 1.807) is 0 Å². The van der Waals surface area contributed by atoms with Gasteiger partial charge >= 0.3 is 0 Å². The number of rotatable bonds is 2. The minimum absolute atomic E-state index is 0.394. The fourth-order valence-corrected chi connectivity index (χ4v) is 2.94. The lowest BCUT2D eigenvalue weighted by molar-refractivity contribution is 0.0123. The number of morpholine rings is 1. The van der Waals surface area contributed by atoms with Crippen molar-refractivity contribution >= 4 is 0 Å². The van der Waals surface area contributed by atoms with Crippen LogP contribution in [0, 0.1) is 0 Å². The summed E-state index contributed by atoms with van der Waals surface area (Å²) < 4.78 is 5.42. The van der Waals surface area contributed by atoms with Crippen molar-refractivity contribution in [3.05, 3.63) is 35.9 Å². The third-order valence-electron chi connectivity index (χ3n) is 4.14. The molecule has 0 unspecified atom stereocenters. The van der Waals surface area contributed by atoms with E-state index in [1.165, 1.54) is 12.0 Å². The first kappa shape index (κ1) is 10.3. The van der Waals surface area contributed by atoms with E-state index in [4.69, 9.17) is 4.74 Å². The summed E-state index contributed by atoms with van der Waals surface area (Å²) in [5.41, 5.74) is 1.89. The average Bonchev–Trinajstić information content (AvgIpc) is 3.06. The monoisotopic (exact) mass is 217 g/mol. The summed E-state index contributed by atoms with van der Waals surface area (Å²) in [6.07, 6.45) is 1.30. The molecular weight excluding hydrogens is 198 g/mol. The number of nitrogens with zero attached hydrogens (tertiary/aromatic N) is 1. The van der Waals surface area contributed by atoms with Crippen LogP contribution in [-0.4, -0.2) is 36.7 Å². The maximum atomic E-state index is 5.42. The molecule has 2 fully saturated rings. The molecule has 2 aliphatic rings. The molecule has 0 radical (unpaired) electrons. The summed E-state index contributed by atoms with van der Waals surface area (Å²) in [6, 6.07) is 10.9. The molecule has 1 aliphatic heterocycles. The Morgan fingerprint density at radius 3 is 2.56 bits per heavy atom. The first-order valence-electron chi connectivity index (χ1n) is 6.18. The maximum Gasteiger partial charge on any atom is 0.0594 e. The Bertz CT molecular complexity index is 358. The van der Waals surface area contributed by atoms with Gasteiger partial charge in [0.2, 0.25) is 0 Å². The number of benzene rings is 1. The third-order valence-corrected chi connectivity index (χ3v) is 4.14. The molecule has 1 aliphatic carbocycles. The molecular formula is C14H19NO. The van der Waals surface area contributed by atoms with Crippen molar-refractivity contribution < 1.29 is 4.74 Å². The second-order valence-electron chi connectivity index (χ2n) is 5.12. The topological polar surface area (TPSA) is 12.5 Å². The Morgan fingerprint density at radius 2 is 1.88 bits per heavy atom. The van der Waals surface area contributed by atoms with Crippen LogP contribution >= 0.6 is 0 Å². The zero-order chi connectivity index (χ0) is 11.0. The van der Waals surface area contributed by atoms with E-state index in [2.05, 4.69) is 42.2 Å². The van der Waals surface area contributed by atoms with E-state index in [-0.39, 0.29) is 0 Å². The van der Waals surface area contributed by atoms with Crippen molar-refractivity contribution in [3.63, 3.8) is 0 Å². The van der Waals surface area contributed by atoms with E-state index in [0.29, 0.717) is 5.54 Å². The van der Waals surface area contributed by atoms with E-state index in [0.717, 1.165) is 32.2 Å². The van der Waals surface area contributed by atoms with Gasteiger partial charge in [-0.15, -0.1) is 0 Å². The molecule has 0 amide bonds. The molecule has 3 rings (SSSR count). The van der Waals surface area contributed by atoms with Crippen LogP contribution in [0.5, 0.6) is 0 Å². The van der Waals surface area contributed by atoms with Crippen molar-refractivity contribution in [2.24, 2.45) is 0 Å². The van der Waals surface area contributed by atoms with Gasteiger partial charge in [-0.05, 0) is 18.9 Å². The summed E-state index contributed by atoms with van der Waals surface area (Å²) in [5.74, 6) is 0.729. The molecule has 1 saturated carbocycles. The van der Waals surface area contributed by atoms with Crippen LogP contribution in [0.4, 0.5) is 0 Å². The van der Waals surface area contributed by atoms with Crippen molar-refractivity contribution in [2.75, 3.05) is 26.3 Å². The number of hydrogen-bond acceptors (Lipinski definition) is 2. The van der Waals surface area contributed by atoms with Crippen molar-refractivity contribution in [3.8, 4) is 0 Å². The molecule has 0 N–H and O–H groups in total. The van der Waals surface area contributed by atoms with Crippen LogP contribution in [0.25, 0.3) is 0 Å². The molecule has 2 atom stereocenters. The highest BCUT2D eigenvalue weighted by Gasteiger charge is 2.54. The van der Waals surface area contributed by atoms with E-state index in [1.807, 2.05) is 0 Å². The first-order valence-corrected chi connectivity index (χ1v) is 6.18.